The Morgan fingerprint density at radius 2 is 1.96 bits per heavy atom. The van der Waals surface area contributed by atoms with Crippen molar-refractivity contribution in [1.82, 2.24) is 9.97 Å². The highest BCUT2D eigenvalue weighted by Crippen LogP contribution is 2.23. The maximum Gasteiger partial charge on any atom is 0.325 e. The van der Waals surface area contributed by atoms with Crippen molar-refractivity contribution in [3.8, 4) is 0 Å². The molecule has 140 valence electrons. The van der Waals surface area contributed by atoms with E-state index in [9.17, 15) is 22.0 Å². The predicted octanol–water partition coefficient (Wildman–Crippen LogP) is 2.27. The van der Waals surface area contributed by atoms with Crippen LogP contribution in [0.4, 0.5) is 25.1 Å². The van der Waals surface area contributed by atoms with Crippen molar-refractivity contribution in [2.75, 3.05) is 16.4 Å². The molecule has 0 bridgehead atoms. The van der Waals surface area contributed by atoms with E-state index < -0.39 is 33.4 Å². The van der Waals surface area contributed by atoms with Gasteiger partial charge in [0.2, 0.25) is 10.0 Å². The molecule has 0 radical (unpaired) electrons. The number of sulfonamides is 1. The Morgan fingerprint density at radius 1 is 1.23 bits per heavy atom. The number of carbonyl (C=O) groups is 1. The first-order chi connectivity index (χ1) is 12.2. The smallest absolute Gasteiger partial charge is 0.303 e. The van der Waals surface area contributed by atoms with E-state index in [-0.39, 0.29) is 35.1 Å². The zero-order valence-corrected chi connectivity index (χ0v) is 14.7. The van der Waals surface area contributed by atoms with E-state index in [0.717, 1.165) is 12.4 Å². The second-order valence-corrected chi connectivity index (χ2v) is 7.29. The van der Waals surface area contributed by atoms with Gasteiger partial charge in [-0.25, -0.2) is 37.1 Å². The highest BCUT2D eigenvalue weighted by Gasteiger charge is 2.17. The number of primary sulfonamides is 1. The number of nitrogens with zero attached hydrogens (tertiary/aromatic N) is 2. The van der Waals surface area contributed by atoms with Gasteiger partial charge in [0.25, 0.3) is 0 Å². The van der Waals surface area contributed by atoms with Crippen molar-refractivity contribution >= 4 is 39.2 Å². The molecule has 4 N–H and O–H groups in total. The Hall–Kier alpha value is -2.37. The van der Waals surface area contributed by atoms with Crippen molar-refractivity contribution in [3.05, 3.63) is 46.9 Å². The van der Waals surface area contributed by atoms with Crippen LogP contribution in [0.2, 0.25) is 5.15 Å². The Morgan fingerprint density at radius 3 is 2.62 bits per heavy atom. The number of hydrogen-bond donors (Lipinski definition) is 3. The maximum atomic E-state index is 14.4. The van der Waals surface area contributed by atoms with Crippen molar-refractivity contribution in [3.63, 3.8) is 0 Å². The molecule has 12 heteroatoms. The molecule has 2 aromatic rings. The first-order valence-corrected chi connectivity index (χ1v) is 9.28. The van der Waals surface area contributed by atoms with Crippen LogP contribution >= 0.6 is 11.6 Å². The second kappa shape index (κ2) is 8.34. The minimum absolute atomic E-state index is 0.000358. The number of rotatable bonds is 6. The van der Waals surface area contributed by atoms with Crippen LogP contribution in [-0.4, -0.2) is 30.2 Å². The van der Waals surface area contributed by atoms with Gasteiger partial charge < -0.3 is 5.32 Å². The summed E-state index contributed by atoms with van der Waals surface area (Å²) in [5.74, 6) is -2.31. The number of carbonyl (C=O) groups excluding carboxylic acids is 1. The summed E-state index contributed by atoms with van der Waals surface area (Å²) < 4.78 is 50.1. The number of benzene rings is 1. The van der Waals surface area contributed by atoms with Crippen LogP contribution in [0.25, 0.3) is 0 Å². The summed E-state index contributed by atoms with van der Waals surface area (Å²) in [4.78, 5) is 19.3. The van der Waals surface area contributed by atoms with Crippen molar-refractivity contribution < 1.29 is 22.0 Å². The van der Waals surface area contributed by atoms with Crippen molar-refractivity contribution in [2.24, 2.45) is 5.14 Å². The number of aryl methyl sites for hydroxylation is 1. The van der Waals surface area contributed by atoms with Crippen LogP contribution in [0.5, 0.6) is 0 Å². The summed E-state index contributed by atoms with van der Waals surface area (Å²) >= 11 is 5.65. The van der Waals surface area contributed by atoms with Gasteiger partial charge in [-0.15, -0.1) is 0 Å². The lowest BCUT2D eigenvalue weighted by Gasteiger charge is -2.11. The zero-order valence-electron chi connectivity index (χ0n) is 13.2. The van der Waals surface area contributed by atoms with Gasteiger partial charge in [0.15, 0.2) is 5.82 Å². The molecule has 1 heterocycles. The Kier molecular flexibility index (Phi) is 6.40. The number of amides is 2. The average molecular weight is 406 g/mol. The Balaban J connectivity index is 2.10. The Labute approximate surface area is 152 Å². The van der Waals surface area contributed by atoms with E-state index in [1.807, 2.05) is 5.32 Å². The summed E-state index contributed by atoms with van der Waals surface area (Å²) in [7, 11) is -3.68. The van der Waals surface area contributed by atoms with E-state index in [1.54, 1.807) is 0 Å². The molecular weight excluding hydrogens is 392 g/mol. The number of nitrogens with one attached hydrogen (secondary N) is 2. The van der Waals surface area contributed by atoms with E-state index >= 15 is 0 Å². The van der Waals surface area contributed by atoms with Crippen LogP contribution in [0.3, 0.4) is 0 Å². The molecule has 1 aromatic heterocycles. The molecule has 0 atom stereocenters. The summed E-state index contributed by atoms with van der Waals surface area (Å²) in [5, 5.41) is 9.25. The lowest BCUT2D eigenvalue weighted by atomic mass is 10.1. The quantitative estimate of drug-likeness (QED) is 0.635. The molecule has 2 amide bonds. The lowest BCUT2D eigenvalue weighted by Crippen LogP contribution is -2.22. The minimum Gasteiger partial charge on any atom is -0.303 e. The fourth-order valence-corrected chi connectivity index (χ4v) is 2.72. The Bertz CT molecular complexity index is 927. The monoisotopic (exact) mass is 405 g/mol. The van der Waals surface area contributed by atoms with E-state index in [0.29, 0.717) is 0 Å². The number of halogens is 3. The van der Waals surface area contributed by atoms with Crippen LogP contribution in [0, 0.1) is 11.6 Å². The molecule has 8 nitrogen and oxygen atoms in total. The van der Waals surface area contributed by atoms with Crippen molar-refractivity contribution in [1.29, 1.82) is 0 Å². The van der Waals surface area contributed by atoms with Crippen molar-refractivity contribution in [2.45, 2.75) is 12.8 Å². The summed E-state index contributed by atoms with van der Waals surface area (Å²) in [6, 6.07) is 2.43. The lowest BCUT2D eigenvalue weighted by molar-refractivity contribution is 0.262. The van der Waals surface area contributed by atoms with Crippen LogP contribution in [0.1, 0.15) is 12.0 Å². The van der Waals surface area contributed by atoms with Crippen LogP contribution < -0.4 is 15.8 Å². The number of aromatic nitrogens is 2. The topological polar surface area (TPSA) is 127 Å². The van der Waals surface area contributed by atoms with Gasteiger partial charge in [-0.1, -0.05) is 17.7 Å². The molecule has 0 fully saturated rings. The third kappa shape index (κ3) is 5.86. The molecule has 0 saturated carbocycles. The summed E-state index contributed by atoms with van der Waals surface area (Å²) in [6.45, 7) is 0. The largest absolute Gasteiger partial charge is 0.325 e. The number of urea groups is 1. The second-order valence-electron chi connectivity index (χ2n) is 5.17. The summed E-state index contributed by atoms with van der Waals surface area (Å²) in [5.41, 5.74) is -0.633. The molecule has 1 aromatic carbocycles. The molecule has 26 heavy (non-hydrogen) atoms. The molecule has 0 aliphatic heterocycles. The SMILES string of the molecule is NS(=O)(=O)CCCc1ccc(F)c(NC(=O)Nc2cc(Cl)ncn2)c1F. The number of anilines is 2. The van der Waals surface area contributed by atoms with E-state index in [1.165, 1.54) is 12.1 Å². The predicted molar refractivity (Wildman–Crippen MR) is 92.3 cm³/mol. The normalized spacial score (nSPS) is 11.2. The van der Waals surface area contributed by atoms with Gasteiger partial charge in [-0.2, -0.15) is 0 Å². The molecule has 0 unspecified atom stereocenters. The van der Waals surface area contributed by atoms with Crippen LogP contribution in [0.15, 0.2) is 24.5 Å². The molecule has 0 aliphatic carbocycles. The standard InChI is InChI=1S/C14H14ClF2N5O3S/c15-10-6-11(20-7-19-10)21-14(23)22-13-9(16)4-3-8(12(13)17)2-1-5-26(18,24)25/h3-4,6-7H,1-2,5H2,(H2,18,24,25)(H2,19,20,21,22,23). The first-order valence-electron chi connectivity index (χ1n) is 7.18. The fraction of sp³-hybridized carbons (Fsp3) is 0.214. The van der Waals surface area contributed by atoms with Gasteiger partial charge >= 0.3 is 6.03 Å². The van der Waals surface area contributed by atoms with Gasteiger partial charge in [0.1, 0.15) is 28.8 Å². The third-order valence-electron chi connectivity index (χ3n) is 3.16. The van der Waals surface area contributed by atoms with Gasteiger partial charge in [0, 0.05) is 6.07 Å². The average Bonchev–Trinajstić information content (AvgIpc) is 2.52. The molecule has 0 saturated heterocycles. The minimum atomic E-state index is -3.68. The fourth-order valence-electron chi connectivity index (χ4n) is 2.03. The highest BCUT2D eigenvalue weighted by atomic mass is 35.5. The zero-order chi connectivity index (χ0) is 19.3. The number of hydrogen-bond acceptors (Lipinski definition) is 5. The van der Waals surface area contributed by atoms with Gasteiger partial charge in [0.05, 0.1) is 5.75 Å². The van der Waals surface area contributed by atoms with E-state index in [2.05, 4.69) is 15.3 Å². The van der Waals surface area contributed by atoms with Gasteiger partial charge in [-0.05, 0) is 24.5 Å². The molecule has 2 rings (SSSR count). The first kappa shape index (κ1) is 19.9. The molecule has 0 spiro atoms. The van der Waals surface area contributed by atoms with Crippen LogP contribution in [-0.2, 0) is 16.4 Å². The maximum absolute atomic E-state index is 14.4. The van der Waals surface area contributed by atoms with E-state index in [4.69, 9.17) is 16.7 Å². The number of nitrogens with two attached hydrogens (primary N) is 1. The van der Waals surface area contributed by atoms with Gasteiger partial charge in [-0.3, -0.25) is 5.32 Å². The highest BCUT2D eigenvalue weighted by molar-refractivity contribution is 7.89. The summed E-state index contributed by atoms with van der Waals surface area (Å²) in [6.07, 6.45) is 1.15. The molecular formula is C14H14ClF2N5O3S. The molecule has 0 aliphatic rings. The third-order valence-corrected chi connectivity index (χ3v) is 4.22.